The second-order valence-electron chi connectivity index (χ2n) is 6.96. The molecule has 1 aliphatic rings. The summed E-state index contributed by atoms with van der Waals surface area (Å²) >= 11 is 2.86. The minimum absolute atomic E-state index is 0.0572. The first-order valence-corrected chi connectivity index (χ1v) is 11.5. The van der Waals surface area contributed by atoms with Crippen LogP contribution in [-0.4, -0.2) is 26.2 Å². The molecule has 0 spiro atoms. The van der Waals surface area contributed by atoms with Crippen molar-refractivity contribution in [2.75, 3.05) is 11.1 Å². The van der Waals surface area contributed by atoms with E-state index in [1.54, 1.807) is 34.2 Å². The van der Waals surface area contributed by atoms with E-state index in [0.29, 0.717) is 11.0 Å². The number of para-hydroxylation sites is 1. The molecule has 3 heterocycles. The average Bonchev–Trinajstić information content (AvgIpc) is 3.34. The van der Waals surface area contributed by atoms with E-state index in [1.165, 1.54) is 16.6 Å². The minimum atomic E-state index is -0.193. The van der Waals surface area contributed by atoms with Crippen molar-refractivity contribution >= 4 is 45.0 Å². The van der Waals surface area contributed by atoms with E-state index in [-0.39, 0.29) is 17.2 Å². The van der Waals surface area contributed by atoms with Gasteiger partial charge >= 0.3 is 0 Å². The van der Waals surface area contributed by atoms with E-state index in [0.717, 1.165) is 40.7 Å². The molecule has 4 aromatic rings. The first kappa shape index (κ1) is 19.0. The van der Waals surface area contributed by atoms with Gasteiger partial charge in [0.2, 0.25) is 5.91 Å². The fourth-order valence-corrected chi connectivity index (χ4v) is 5.79. The molecule has 0 fully saturated rings. The number of carbonyl (C=O) groups excluding carboxylic acids is 1. The number of hydrogen-bond acceptors (Lipinski definition) is 6. The SMILES string of the molecule is O=C(CSc1nc2sc3c(c2c(=O)n1-c1ccccc1)CCC3)Nc1ccccn1. The molecular formula is C22H18N4O2S2. The zero-order valence-electron chi connectivity index (χ0n) is 16.0. The van der Waals surface area contributed by atoms with Crippen LogP contribution in [0.3, 0.4) is 0 Å². The third-order valence-corrected chi connectivity index (χ3v) is 7.11. The quantitative estimate of drug-likeness (QED) is 0.379. The number of aromatic nitrogens is 3. The van der Waals surface area contributed by atoms with Crippen LogP contribution in [0, 0.1) is 0 Å². The van der Waals surface area contributed by atoms with Crippen LogP contribution in [0.5, 0.6) is 0 Å². The molecule has 1 aromatic carbocycles. The largest absolute Gasteiger partial charge is 0.310 e. The van der Waals surface area contributed by atoms with Gasteiger partial charge in [-0.1, -0.05) is 36.0 Å². The summed E-state index contributed by atoms with van der Waals surface area (Å²) < 4.78 is 1.63. The third-order valence-electron chi connectivity index (χ3n) is 4.99. The van der Waals surface area contributed by atoms with Crippen LogP contribution in [0.4, 0.5) is 5.82 Å². The Balaban J connectivity index is 1.52. The van der Waals surface area contributed by atoms with Gasteiger partial charge < -0.3 is 5.32 Å². The predicted molar refractivity (Wildman–Crippen MR) is 121 cm³/mol. The Hall–Kier alpha value is -2.97. The number of benzene rings is 1. The molecule has 0 radical (unpaired) electrons. The van der Waals surface area contributed by atoms with Crippen LogP contribution in [0.1, 0.15) is 16.9 Å². The number of nitrogens with one attached hydrogen (secondary N) is 1. The van der Waals surface area contributed by atoms with Gasteiger partial charge in [-0.15, -0.1) is 11.3 Å². The standard InChI is InChI=1S/C22H18N4O2S2/c27-18(24-17-11-4-5-12-23-17)13-29-22-25-20-19(15-9-6-10-16(15)30-20)21(28)26(22)14-7-2-1-3-8-14/h1-5,7-8,11-12H,6,9-10,13H2,(H,23,24,27). The highest BCUT2D eigenvalue weighted by atomic mass is 32.2. The number of fused-ring (bicyclic) bond motifs is 3. The molecule has 1 N–H and O–H groups in total. The van der Waals surface area contributed by atoms with Crippen molar-refractivity contribution in [1.82, 2.24) is 14.5 Å². The molecular weight excluding hydrogens is 416 g/mol. The molecule has 0 atom stereocenters. The number of pyridine rings is 1. The van der Waals surface area contributed by atoms with Gasteiger partial charge in [0.05, 0.1) is 16.8 Å². The molecule has 1 amide bonds. The second-order valence-corrected chi connectivity index (χ2v) is 8.99. The fourth-order valence-electron chi connectivity index (χ4n) is 3.67. The number of thioether (sulfide) groups is 1. The summed E-state index contributed by atoms with van der Waals surface area (Å²) in [4.78, 5) is 36.9. The van der Waals surface area contributed by atoms with Crippen molar-refractivity contribution in [2.45, 2.75) is 24.4 Å². The van der Waals surface area contributed by atoms with Gasteiger partial charge in [-0.05, 0) is 49.1 Å². The first-order valence-electron chi connectivity index (χ1n) is 9.67. The van der Waals surface area contributed by atoms with Crippen molar-refractivity contribution < 1.29 is 4.79 Å². The molecule has 5 rings (SSSR count). The van der Waals surface area contributed by atoms with Gasteiger partial charge in [0.25, 0.3) is 5.56 Å². The number of nitrogens with zero attached hydrogens (tertiary/aromatic N) is 3. The maximum absolute atomic E-state index is 13.5. The lowest BCUT2D eigenvalue weighted by atomic mass is 10.2. The van der Waals surface area contributed by atoms with Crippen molar-refractivity contribution in [3.8, 4) is 5.69 Å². The van der Waals surface area contributed by atoms with E-state index < -0.39 is 0 Å². The third kappa shape index (κ3) is 3.53. The van der Waals surface area contributed by atoms with Gasteiger partial charge in [0.15, 0.2) is 5.16 Å². The molecule has 0 saturated carbocycles. The number of hydrogen-bond donors (Lipinski definition) is 1. The van der Waals surface area contributed by atoms with E-state index in [2.05, 4.69) is 10.3 Å². The molecule has 1 aliphatic carbocycles. The normalized spacial score (nSPS) is 12.8. The molecule has 0 saturated heterocycles. The minimum Gasteiger partial charge on any atom is -0.310 e. The Morgan fingerprint density at radius 3 is 2.77 bits per heavy atom. The monoisotopic (exact) mass is 434 g/mol. The molecule has 0 aliphatic heterocycles. The molecule has 3 aromatic heterocycles. The maximum atomic E-state index is 13.5. The lowest BCUT2D eigenvalue weighted by Gasteiger charge is -2.12. The summed E-state index contributed by atoms with van der Waals surface area (Å²) in [6.45, 7) is 0. The highest BCUT2D eigenvalue weighted by Gasteiger charge is 2.24. The summed E-state index contributed by atoms with van der Waals surface area (Å²) in [7, 11) is 0. The highest BCUT2D eigenvalue weighted by Crippen LogP contribution is 2.36. The van der Waals surface area contributed by atoms with Gasteiger partial charge in [0, 0.05) is 11.1 Å². The van der Waals surface area contributed by atoms with Gasteiger partial charge in [-0.2, -0.15) is 0 Å². The summed E-state index contributed by atoms with van der Waals surface area (Å²) in [5.74, 6) is 0.440. The first-order chi connectivity index (χ1) is 14.7. The van der Waals surface area contributed by atoms with Crippen LogP contribution in [-0.2, 0) is 17.6 Å². The van der Waals surface area contributed by atoms with Crippen molar-refractivity contribution in [1.29, 1.82) is 0 Å². The van der Waals surface area contributed by atoms with Gasteiger partial charge in [-0.25, -0.2) is 9.97 Å². The maximum Gasteiger partial charge on any atom is 0.267 e. The summed E-state index contributed by atoms with van der Waals surface area (Å²) in [5.41, 5.74) is 1.85. The smallest absolute Gasteiger partial charge is 0.267 e. The lowest BCUT2D eigenvalue weighted by molar-refractivity contribution is -0.113. The Bertz CT molecular complexity index is 1280. The molecule has 6 nitrogen and oxygen atoms in total. The van der Waals surface area contributed by atoms with Gasteiger partial charge in [-0.3, -0.25) is 14.2 Å². The van der Waals surface area contributed by atoms with E-state index in [4.69, 9.17) is 4.98 Å². The number of carbonyl (C=O) groups is 1. The summed E-state index contributed by atoms with van der Waals surface area (Å²) in [6.07, 6.45) is 4.66. The van der Waals surface area contributed by atoms with Crippen molar-refractivity contribution in [3.63, 3.8) is 0 Å². The number of thiophene rings is 1. The average molecular weight is 435 g/mol. The van der Waals surface area contributed by atoms with Crippen LogP contribution in [0.2, 0.25) is 0 Å². The Kier molecular flexibility index (Phi) is 5.10. The zero-order chi connectivity index (χ0) is 20.5. The Labute approximate surface area is 181 Å². The number of rotatable bonds is 5. The highest BCUT2D eigenvalue weighted by molar-refractivity contribution is 7.99. The fraction of sp³-hybridized carbons (Fsp3) is 0.182. The predicted octanol–water partition coefficient (Wildman–Crippen LogP) is 4.06. The number of amides is 1. The number of aryl methyl sites for hydroxylation is 2. The molecule has 0 unspecified atom stereocenters. The summed E-state index contributed by atoms with van der Waals surface area (Å²) in [6, 6.07) is 14.8. The van der Waals surface area contributed by atoms with Crippen molar-refractivity contribution in [2.24, 2.45) is 0 Å². The van der Waals surface area contributed by atoms with Crippen molar-refractivity contribution in [3.05, 3.63) is 75.5 Å². The van der Waals surface area contributed by atoms with Crippen LogP contribution < -0.4 is 10.9 Å². The van der Waals surface area contributed by atoms with Crippen LogP contribution in [0.15, 0.2) is 64.7 Å². The van der Waals surface area contributed by atoms with E-state index in [1.807, 2.05) is 36.4 Å². The lowest BCUT2D eigenvalue weighted by Crippen LogP contribution is -2.23. The van der Waals surface area contributed by atoms with E-state index in [9.17, 15) is 9.59 Å². The topological polar surface area (TPSA) is 76.9 Å². The molecule has 150 valence electrons. The Morgan fingerprint density at radius 1 is 1.13 bits per heavy atom. The molecule has 8 heteroatoms. The van der Waals surface area contributed by atoms with Gasteiger partial charge in [0.1, 0.15) is 10.6 Å². The summed E-state index contributed by atoms with van der Waals surface area (Å²) in [5, 5.41) is 4.03. The van der Waals surface area contributed by atoms with E-state index >= 15 is 0 Å². The molecule has 0 bridgehead atoms. The Morgan fingerprint density at radius 2 is 1.97 bits per heavy atom. The van der Waals surface area contributed by atoms with Crippen LogP contribution in [0.25, 0.3) is 15.9 Å². The number of anilines is 1. The van der Waals surface area contributed by atoms with Crippen LogP contribution >= 0.6 is 23.1 Å². The zero-order valence-corrected chi connectivity index (χ0v) is 17.6. The second kappa shape index (κ2) is 8.04. The molecule has 30 heavy (non-hydrogen) atoms.